The van der Waals surface area contributed by atoms with E-state index in [-0.39, 0.29) is 5.91 Å². The number of likely N-dealkylation sites (N-methyl/N-ethyl adjacent to an activating group) is 1. The Balaban J connectivity index is 1.37. The van der Waals surface area contributed by atoms with Crippen LogP contribution in [0.4, 0.5) is 5.69 Å². The SMILES string of the molecule is CN(CC(=O)N1CCC(c2nnc3ccccn23)CC1)c1ccccc1. The van der Waals surface area contributed by atoms with Crippen molar-refractivity contribution >= 4 is 17.2 Å². The summed E-state index contributed by atoms with van der Waals surface area (Å²) in [6, 6.07) is 15.9. The molecule has 0 N–H and O–H groups in total. The maximum Gasteiger partial charge on any atom is 0.242 e. The van der Waals surface area contributed by atoms with Crippen molar-refractivity contribution in [1.82, 2.24) is 19.5 Å². The Morgan fingerprint density at radius 3 is 2.58 bits per heavy atom. The summed E-state index contributed by atoms with van der Waals surface area (Å²) in [4.78, 5) is 16.6. The van der Waals surface area contributed by atoms with Crippen LogP contribution in [0.25, 0.3) is 5.65 Å². The Morgan fingerprint density at radius 1 is 1.08 bits per heavy atom. The molecule has 0 saturated carbocycles. The van der Waals surface area contributed by atoms with Gasteiger partial charge in [-0.25, -0.2) is 0 Å². The first-order valence-corrected chi connectivity index (χ1v) is 9.06. The quantitative estimate of drug-likeness (QED) is 0.726. The molecule has 134 valence electrons. The third kappa shape index (κ3) is 3.27. The molecule has 1 aliphatic heterocycles. The van der Waals surface area contributed by atoms with E-state index in [0.717, 1.165) is 43.1 Å². The van der Waals surface area contributed by atoms with E-state index in [0.29, 0.717) is 12.5 Å². The van der Waals surface area contributed by atoms with Gasteiger partial charge in [-0.3, -0.25) is 9.20 Å². The van der Waals surface area contributed by atoms with Gasteiger partial charge in [0.05, 0.1) is 6.54 Å². The number of aromatic nitrogens is 3. The topological polar surface area (TPSA) is 53.7 Å². The maximum absolute atomic E-state index is 12.6. The molecule has 3 aromatic rings. The van der Waals surface area contributed by atoms with E-state index in [1.165, 1.54) is 0 Å². The lowest BCUT2D eigenvalue weighted by molar-refractivity contribution is -0.130. The minimum atomic E-state index is 0.181. The fourth-order valence-electron chi connectivity index (χ4n) is 3.60. The van der Waals surface area contributed by atoms with Crippen LogP contribution in [0.2, 0.25) is 0 Å². The molecule has 0 bridgehead atoms. The molecular formula is C20H23N5O. The minimum Gasteiger partial charge on any atom is -0.365 e. The highest BCUT2D eigenvalue weighted by Crippen LogP contribution is 2.27. The summed E-state index contributed by atoms with van der Waals surface area (Å²) in [5.74, 6) is 1.54. The van der Waals surface area contributed by atoms with Gasteiger partial charge in [0.15, 0.2) is 5.65 Å². The molecule has 4 rings (SSSR count). The molecule has 26 heavy (non-hydrogen) atoms. The molecule has 2 aromatic heterocycles. The van der Waals surface area contributed by atoms with Gasteiger partial charge in [0, 0.05) is 37.9 Å². The normalized spacial score (nSPS) is 15.3. The third-order valence-electron chi connectivity index (χ3n) is 5.12. The van der Waals surface area contributed by atoms with E-state index in [9.17, 15) is 4.79 Å². The molecule has 1 amide bonds. The van der Waals surface area contributed by atoms with E-state index in [4.69, 9.17) is 0 Å². The molecule has 0 unspecified atom stereocenters. The summed E-state index contributed by atoms with van der Waals surface area (Å²) in [5.41, 5.74) is 1.94. The predicted octanol–water partition coefficient (Wildman–Crippen LogP) is 2.57. The van der Waals surface area contributed by atoms with Gasteiger partial charge in [0.25, 0.3) is 0 Å². The van der Waals surface area contributed by atoms with Crippen LogP contribution in [0.1, 0.15) is 24.6 Å². The van der Waals surface area contributed by atoms with Crippen LogP contribution in [0.3, 0.4) is 0 Å². The number of pyridine rings is 1. The average molecular weight is 349 g/mol. The number of fused-ring (bicyclic) bond motifs is 1. The number of hydrogen-bond acceptors (Lipinski definition) is 4. The van der Waals surface area contributed by atoms with Crippen molar-refractivity contribution in [2.45, 2.75) is 18.8 Å². The van der Waals surface area contributed by atoms with E-state index < -0.39 is 0 Å². The van der Waals surface area contributed by atoms with Crippen molar-refractivity contribution in [1.29, 1.82) is 0 Å². The maximum atomic E-state index is 12.6. The van der Waals surface area contributed by atoms with Crippen molar-refractivity contribution in [2.24, 2.45) is 0 Å². The number of nitrogens with zero attached hydrogens (tertiary/aromatic N) is 5. The van der Waals surface area contributed by atoms with Gasteiger partial charge in [0.1, 0.15) is 5.82 Å². The third-order valence-corrected chi connectivity index (χ3v) is 5.12. The molecule has 0 radical (unpaired) electrons. The standard InChI is InChI=1S/C20H23N5O/c1-23(17-7-3-2-4-8-17)15-19(26)24-13-10-16(11-14-24)20-22-21-18-9-5-6-12-25(18)20/h2-9,12,16H,10-11,13-15H2,1H3. The lowest BCUT2D eigenvalue weighted by atomic mass is 9.96. The Bertz CT molecular complexity index is 883. The number of likely N-dealkylation sites (tertiary alicyclic amines) is 1. The second-order valence-corrected chi connectivity index (χ2v) is 6.83. The fraction of sp³-hybridized carbons (Fsp3) is 0.350. The monoisotopic (exact) mass is 349 g/mol. The lowest BCUT2D eigenvalue weighted by Crippen LogP contribution is -2.43. The molecule has 0 atom stereocenters. The summed E-state index contributed by atoms with van der Waals surface area (Å²) in [6.45, 7) is 1.95. The van der Waals surface area contributed by atoms with Crippen LogP contribution in [0.15, 0.2) is 54.7 Å². The highest BCUT2D eigenvalue weighted by atomic mass is 16.2. The van der Waals surface area contributed by atoms with E-state index in [1.807, 2.05) is 71.6 Å². The van der Waals surface area contributed by atoms with Crippen molar-refractivity contribution in [2.75, 3.05) is 31.6 Å². The van der Waals surface area contributed by atoms with Gasteiger partial charge < -0.3 is 9.80 Å². The smallest absolute Gasteiger partial charge is 0.242 e. The predicted molar refractivity (Wildman–Crippen MR) is 101 cm³/mol. The molecule has 1 fully saturated rings. The van der Waals surface area contributed by atoms with Gasteiger partial charge in [-0.05, 0) is 37.1 Å². The molecule has 6 heteroatoms. The lowest BCUT2D eigenvalue weighted by Gasteiger charge is -2.32. The van der Waals surface area contributed by atoms with Gasteiger partial charge in [-0.2, -0.15) is 0 Å². The van der Waals surface area contributed by atoms with Crippen LogP contribution in [0, 0.1) is 0 Å². The molecule has 6 nitrogen and oxygen atoms in total. The Hall–Kier alpha value is -2.89. The van der Waals surface area contributed by atoms with Gasteiger partial charge in [-0.1, -0.05) is 24.3 Å². The molecule has 1 aliphatic rings. The number of rotatable bonds is 4. The highest BCUT2D eigenvalue weighted by Gasteiger charge is 2.27. The number of carbonyl (C=O) groups excluding carboxylic acids is 1. The molecule has 1 saturated heterocycles. The summed E-state index contributed by atoms with van der Waals surface area (Å²) in [7, 11) is 1.96. The van der Waals surface area contributed by atoms with Crippen molar-refractivity contribution in [3.63, 3.8) is 0 Å². The van der Waals surface area contributed by atoms with E-state index in [2.05, 4.69) is 14.6 Å². The number of carbonyl (C=O) groups is 1. The number of amides is 1. The Kier molecular flexibility index (Phi) is 4.56. The summed E-state index contributed by atoms with van der Waals surface area (Å²) < 4.78 is 2.06. The first-order valence-electron chi connectivity index (χ1n) is 9.06. The molecular weight excluding hydrogens is 326 g/mol. The van der Waals surface area contributed by atoms with Crippen LogP contribution in [0.5, 0.6) is 0 Å². The zero-order valence-corrected chi connectivity index (χ0v) is 15.0. The van der Waals surface area contributed by atoms with Gasteiger partial charge in [-0.15, -0.1) is 10.2 Å². The fourth-order valence-corrected chi connectivity index (χ4v) is 3.60. The van der Waals surface area contributed by atoms with Gasteiger partial charge in [0.2, 0.25) is 5.91 Å². The summed E-state index contributed by atoms with van der Waals surface area (Å²) >= 11 is 0. The van der Waals surface area contributed by atoms with Crippen molar-refractivity contribution in [3.05, 3.63) is 60.6 Å². The van der Waals surface area contributed by atoms with Crippen molar-refractivity contribution in [3.8, 4) is 0 Å². The average Bonchev–Trinajstić information content (AvgIpc) is 3.13. The first-order chi connectivity index (χ1) is 12.7. The molecule has 3 heterocycles. The summed E-state index contributed by atoms with van der Waals surface area (Å²) in [6.07, 6.45) is 3.87. The largest absolute Gasteiger partial charge is 0.365 e. The van der Waals surface area contributed by atoms with Crippen LogP contribution >= 0.6 is 0 Å². The second kappa shape index (κ2) is 7.15. The Morgan fingerprint density at radius 2 is 1.81 bits per heavy atom. The number of anilines is 1. The molecule has 1 aromatic carbocycles. The number of para-hydroxylation sites is 1. The number of piperidine rings is 1. The minimum absolute atomic E-state index is 0.181. The van der Waals surface area contributed by atoms with E-state index in [1.54, 1.807) is 0 Å². The summed E-state index contributed by atoms with van der Waals surface area (Å²) in [5, 5.41) is 8.62. The first kappa shape index (κ1) is 16.6. The van der Waals surface area contributed by atoms with Crippen LogP contribution in [-0.2, 0) is 4.79 Å². The number of hydrogen-bond donors (Lipinski definition) is 0. The van der Waals surface area contributed by atoms with Crippen LogP contribution in [-0.4, -0.2) is 52.1 Å². The zero-order chi connectivity index (χ0) is 17.9. The number of benzene rings is 1. The van der Waals surface area contributed by atoms with Crippen molar-refractivity contribution < 1.29 is 4.79 Å². The zero-order valence-electron chi connectivity index (χ0n) is 15.0. The highest BCUT2D eigenvalue weighted by molar-refractivity contribution is 5.81. The second-order valence-electron chi connectivity index (χ2n) is 6.83. The molecule has 0 spiro atoms. The Labute approximate surface area is 153 Å². The van der Waals surface area contributed by atoms with E-state index >= 15 is 0 Å². The van der Waals surface area contributed by atoms with Crippen LogP contribution < -0.4 is 4.90 Å². The molecule has 0 aliphatic carbocycles. The van der Waals surface area contributed by atoms with Gasteiger partial charge >= 0.3 is 0 Å².